The Bertz CT molecular complexity index is 1430. The normalized spacial score (nSPS) is 11.5. The summed E-state index contributed by atoms with van der Waals surface area (Å²) in [7, 11) is -7.81. The van der Waals surface area contributed by atoms with Gasteiger partial charge in [-0.2, -0.15) is 16.8 Å². The third kappa shape index (κ3) is 6.72. The van der Waals surface area contributed by atoms with Crippen LogP contribution in [0.1, 0.15) is 16.7 Å². The number of anilines is 2. The molecule has 3 aromatic rings. The van der Waals surface area contributed by atoms with Gasteiger partial charge in [-0.25, -0.2) is 4.79 Å². The Kier molecular flexibility index (Phi) is 7.18. The maximum atomic E-state index is 12.9. The lowest BCUT2D eigenvalue weighted by atomic mass is 10.1. The van der Waals surface area contributed by atoms with E-state index in [0.29, 0.717) is 16.8 Å². The van der Waals surface area contributed by atoms with Crippen LogP contribution in [0, 0.1) is 20.8 Å². The van der Waals surface area contributed by atoms with E-state index < -0.39 is 26.3 Å². The maximum absolute atomic E-state index is 12.9. The average Bonchev–Trinajstić information content (AvgIpc) is 2.65. The van der Waals surface area contributed by atoms with Gasteiger partial charge in [0.05, 0.1) is 6.26 Å². The molecule has 0 aliphatic heterocycles. The van der Waals surface area contributed by atoms with Gasteiger partial charge in [0.25, 0.3) is 0 Å². The smallest absolute Gasteiger partial charge is 0.339 e. The number of amides is 2. The molecule has 2 N–H and O–H groups in total. The molecule has 3 rings (SSSR count). The summed E-state index contributed by atoms with van der Waals surface area (Å²) in [6.07, 6.45) is 0.913. The predicted octanol–water partition coefficient (Wildman–Crippen LogP) is 4.36. The van der Waals surface area contributed by atoms with Crippen molar-refractivity contribution in [1.82, 2.24) is 0 Å². The second-order valence-electron chi connectivity index (χ2n) is 7.69. The molecule has 2 amide bonds. The van der Waals surface area contributed by atoms with Crippen molar-refractivity contribution in [3.8, 4) is 11.5 Å². The summed E-state index contributed by atoms with van der Waals surface area (Å²) >= 11 is 0. The zero-order valence-electron chi connectivity index (χ0n) is 18.9. The summed E-state index contributed by atoms with van der Waals surface area (Å²) in [5.41, 5.74) is 2.67. The molecule has 0 aromatic heterocycles. The molecule has 0 radical (unpaired) electrons. The predicted molar refractivity (Wildman–Crippen MR) is 129 cm³/mol. The van der Waals surface area contributed by atoms with Crippen LogP contribution in [0.4, 0.5) is 16.2 Å². The summed E-state index contributed by atoms with van der Waals surface area (Å²) in [5, 5.41) is 5.12. The summed E-state index contributed by atoms with van der Waals surface area (Å²) in [6.45, 7) is 5.29. The van der Waals surface area contributed by atoms with E-state index in [1.54, 1.807) is 38.1 Å². The molecular weight excluding hydrogens is 480 g/mol. The van der Waals surface area contributed by atoms with E-state index >= 15 is 0 Å². The monoisotopic (exact) mass is 504 g/mol. The number of aryl methyl sites for hydroxylation is 3. The number of carbonyl (C=O) groups excluding carboxylic acids is 1. The fourth-order valence-electron chi connectivity index (χ4n) is 3.45. The van der Waals surface area contributed by atoms with Crippen LogP contribution in [0.3, 0.4) is 0 Å². The molecule has 11 heteroatoms. The molecule has 0 heterocycles. The van der Waals surface area contributed by atoms with Gasteiger partial charge in [-0.1, -0.05) is 29.8 Å². The number of hydrogen-bond acceptors (Lipinski definition) is 7. The largest absolute Gasteiger partial charge is 0.383 e. The Balaban J connectivity index is 1.73. The molecule has 0 aliphatic carbocycles. The van der Waals surface area contributed by atoms with Crippen molar-refractivity contribution in [2.24, 2.45) is 0 Å². The van der Waals surface area contributed by atoms with Gasteiger partial charge in [-0.15, -0.1) is 0 Å². The van der Waals surface area contributed by atoms with E-state index in [-0.39, 0.29) is 22.1 Å². The molecule has 0 atom stereocenters. The summed E-state index contributed by atoms with van der Waals surface area (Å²) in [6, 6.07) is 14.7. The van der Waals surface area contributed by atoms with Crippen LogP contribution >= 0.6 is 0 Å². The first-order chi connectivity index (χ1) is 15.8. The molecule has 0 fully saturated rings. The van der Waals surface area contributed by atoms with E-state index in [1.165, 1.54) is 36.4 Å². The minimum Gasteiger partial charge on any atom is -0.383 e. The minimum atomic E-state index is -4.10. The van der Waals surface area contributed by atoms with Crippen LogP contribution in [0.25, 0.3) is 0 Å². The molecule has 180 valence electrons. The van der Waals surface area contributed by atoms with E-state index in [4.69, 9.17) is 8.37 Å². The fraction of sp³-hybridized carbons (Fsp3) is 0.174. The van der Waals surface area contributed by atoms with E-state index in [1.807, 2.05) is 6.92 Å². The maximum Gasteiger partial charge on any atom is 0.339 e. The van der Waals surface area contributed by atoms with Gasteiger partial charge >= 0.3 is 26.3 Å². The van der Waals surface area contributed by atoms with Crippen LogP contribution in [-0.4, -0.2) is 29.1 Å². The van der Waals surface area contributed by atoms with Crippen LogP contribution < -0.4 is 19.0 Å². The van der Waals surface area contributed by atoms with Crippen molar-refractivity contribution in [2.45, 2.75) is 25.7 Å². The molecule has 0 aliphatic rings. The average molecular weight is 505 g/mol. The zero-order valence-corrected chi connectivity index (χ0v) is 20.6. The lowest BCUT2D eigenvalue weighted by molar-refractivity contribution is 0.262. The number of rotatable bonds is 7. The van der Waals surface area contributed by atoms with Crippen LogP contribution in [-0.2, 0) is 20.2 Å². The van der Waals surface area contributed by atoms with Crippen molar-refractivity contribution < 1.29 is 30.0 Å². The highest BCUT2D eigenvalue weighted by atomic mass is 32.2. The Morgan fingerprint density at radius 3 is 1.68 bits per heavy atom. The Morgan fingerprint density at radius 2 is 1.21 bits per heavy atom. The van der Waals surface area contributed by atoms with E-state index in [2.05, 4.69) is 10.6 Å². The molecule has 34 heavy (non-hydrogen) atoms. The third-order valence-corrected chi connectivity index (χ3v) is 6.54. The summed E-state index contributed by atoms with van der Waals surface area (Å²) in [4.78, 5) is 12.5. The molecule has 0 saturated carbocycles. The number of urea groups is 1. The standard InChI is InChI=1S/C23H24N2O7S2/c1-15-11-16(2)22(17(3)12-15)34(29,30)32-21-10-6-8-19(14-21)25-23(26)24-18-7-5-9-20(13-18)31-33(4,27)28/h5-14H,1-4H3,(H2,24,25,26). The lowest BCUT2D eigenvalue weighted by Gasteiger charge is -2.14. The molecule has 9 nitrogen and oxygen atoms in total. The SMILES string of the molecule is Cc1cc(C)c(S(=O)(=O)Oc2cccc(NC(=O)Nc3cccc(OS(C)(=O)=O)c3)c2)c(C)c1. The first kappa shape index (κ1) is 25.1. The number of nitrogens with one attached hydrogen (secondary N) is 2. The third-order valence-electron chi connectivity index (χ3n) is 4.49. The molecular formula is C23H24N2O7S2. The topological polar surface area (TPSA) is 128 Å². The molecule has 0 spiro atoms. The number of hydrogen-bond donors (Lipinski definition) is 2. The summed E-state index contributed by atoms with van der Waals surface area (Å²) in [5.74, 6) is 0.0725. The van der Waals surface area contributed by atoms with Crippen LogP contribution in [0.15, 0.2) is 65.6 Å². The summed E-state index contributed by atoms with van der Waals surface area (Å²) < 4.78 is 58.4. The van der Waals surface area contributed by atoms with Crippen molar-refractivity contribution >= 4 is 37.6 Å². The highest BCUT2D eigenvalue weighted by Crippen LogP contribution is 2.27. The van der Waals surface area contributed by atoms with Crippen LogP contribution in [0.2, 0.25) is 0 Å². The Hall–Kier alpha value is -3.57. The minimum absolute atomic E-state index is 0.0284. The van der Waals surface area contributed by atoms with Crippen LogP contribution in [0.5, 0.6) is 11.5 Å². The highest BCUT2D eigenvalue weighted by Gasteiger charge is 2.22. The van der Waals surface area contributed by atoms with Crippen molar-refractivity contribution in [1.29, 1.82) is 0 Å². The van der Waals surface area contributed by atoms with Gasteiger partial charge in [0.1, 0.15) is 16.4 Å². The second-order valence-corrected chi connectivity index (χ2v) is 10.7. The van der Waals surface area contributed by atoms with Crippen molar-refractivity contribution in [2.75, 3.05) is 16.9 Å². The van der Waals surface area contributed by atoms with Gasteiger partial charge in [0.2, 0.25) is 0 Å². The highest BCUT2D eigenvalue weighted by molar-refractivity contribution is 7.87. The van der Waals surface area contributed by atoms with Crippen molar-refractivity contribution in [3.63, 3.8) is 0 Å². The molecule has 0 saturated heterocycles. The van der Waals surface area contributed by atoms with Crippen molar-refractivity contribution in [3.05, 3.63) is 77.4 Å². The van der Waals surface area contributed by atoms with Gasteiger partial charge in [0.15, 0.2) is 0 Å². The molecule has 0 unspecified atom stereocenters. The molecule has 0 bridgehead atoms. The van der Waals surface area contributed by atoms with Gasteiger partial charge in [-0.05, 0) is 56.2 Å². The first-order valence-electron chi connectivity index (χ1n) is 10.0. The lowest BCUT2D eigenvalue weighted by Crippen LogP contribution is -2.19. The quantitative estimate of drug-likeness (QED) is 0.458. The Morgan fingerprint density at radius 1 is 0.735 bits per heavy atom. The fourth-order valence-corrected chi connectivity index (χ4v) is 5.25. The van der Waals surface area contributed by atoms with Gasteiger partial charge < -0.3 is 19.0 Å². The first-order valence-corrected chi connectivity index (χ1v) is 13.2. The second kappa shape index (κ2) is 9.74. The molecule has 3 aromatic carbocycles. The number of benzene rings is 3. The van der Waals surface area contributed by atoms with E-state index in [9.17, 15) is 21.6 Å². The van der Waals surface area contributed by atoms with E-state index in [0.717, 1.165) is 11.8 Å². The number of carbonyl (C=O) groups is 1. The van der Waals surface area contributed by atoms with Gasteiger partial charge in [-0.3, -0.25) is 0 Å². The zero-order chi connectivity index (χ0) is 25.1. The van der Waals surface area contributed by atoms with Gasteiger partial charge in [0, 0.05) is 23.5 Å². The Labute approximate surface area is 199 Å².